The molecule has 1 fully saturated rings. The van der Waals surface area contributed by atoms with Crippen molar-refractivity contribution < 1.29 is 14.7 Å². The van der Waals surface area contributed by atoms with Crippen molar-refractivity contribution in [2.45, 2.75) is 25.8 Å². The fourth-order valence-electron chi connectivity index (χ4n) is 1.60. The second-order valence-electron chi connectivity index (χ2n) is 3.36. The zero-order valence-corrected chi connectivity index (χ0v) is 8.32. The quantitative estimate of drug-likeness (QED) is 0.652. The number of piperazine rings is 1. The molecule has 0 aromatic rings. The van der Waals surface area contributed by atoms with E-state index in [-0.39, 0.29) is 18.4 Å². The smallest absolute Gasteiger partial charge is 0.303 e. The lowest BCUT2D eigenvalue weighted by atomic mass is 10.1. The van der Waals surface area contributed by atoms with E-state index < -0.39 is 5.97 Å². The van der Waals surface area contributed by atoms with Gasteiger partial charge in [-0.3, -0.25) is 9.59 Å². The van der Waals surface area contributed by atoms with Crippen LogP contribution < -0.4 is 5.32 Å². The largest absolute Gasteiger partial charge is 0.481 e. The van der Waals surface area contributed by atoms with E-state index in [1.165, 1.54) is 0 Å². The van der Waals surface area contributed by atoms with Crippen LogP contribution in [-0.2, 0) is 9.59 Å². The maximum atomic E-state index is 11.6. The van der Waals surface area contributed by atoms with Crippen molar-refractivity contribution >= 4 is 11.9 Å². The number of aliphatic carboxylic acids is 1. The van der Waals surface area contributed by atoms with Crippen LogP contribution in [0, 0.1) is 0 Å². The number of rotatable bonds is 4. The Balaban J connectivity index is 2.43. The Hall–Kier alpha value is -1.10. The Morgan fingerprint density at radius 2 is 2.43 bits per heavy atom. The van der Waals surface area contributed by atoms with Gasteiger partial charge >= 0.3 is 5.97 Å². The van der Waals surface area contributed by atoms with Crippen LogP contribution in [0.2, 0.25) is 0 Å². The molecule has 1 unspecified atom stereocenters. The molecular weight excluding hydrogens is 184 g/mol. The Bertz CT molecular complexity index is 230. The zero-order valence-electron chi connectivity index (χ0n) is 8.32. The monoisotopic (exact) mass is 200 g/mol. The molecule has 0 saturated carbocycles. The van der Waals surface area contributed by atoms with Gasteiger partial charge in [-0.15, -0.1) is 0 Å². The van der Waals surface area contributed by atoms with Gasteiger partial charge in [0.05, 0.1) is 6.04 Å². The predicted octanol–water partition coefficient (Wildman–Crippen LogP) is -0.328. The lowest BCUT2D eigenvalue weighted by Crippen LogP contribution is -2.54. The summed E-state index contributed by atoms with van der Waals surface area (Å²) < 4.78 is 0. The Morgan fingerprint density at radius 1 is 1.71 bits per heavy atom. The van der Waals surface area contributed by atoms with Gasteiger partial charge in [0.1, 0.15) is 0 Å². The Labute approximate surface area is 83.1 Å². The standard InChI is InChI=1S/C9H16N2O3/c1-2-11-6-5-10-7(9(11)14)3-4-8(12)13/h7,10H,2-6H2,1H3,(H,12,13). The van der Waals surface area contributed by atoms with Gasteiger partial charge in [0.2, 0.25) is 5.91 Å². The molecule has 80 valence electrons. The van der Waals surface area contributed by atoms with Gasteiger partial charge in [-0.05, 0) is 13.3 Å². The number of nitrogens with zero attached hydrogens (tertiary/aromatic N) is 1. The average Bonchev–Trinajstić information content (AvgIpc) is 2.16. The Morgan fingerprint density at radius 3 is 3.00 bits per heavy atom. The van der Waals surface area contributed by atoms with E-state index in [2.05, 4.69) is 5.32 Å². The van der Waals surface area contributed by atoms with E-state index in [1.807, 2.05) is 6.92 Å². The lowest BCUT2D eigenvalue weighted by Gasteiger charge is -2.32. The highest BCUT2D eigenvalue weighted by Crippen LogP contribution is 2.06. The maximum Gasteiger partial charge on any atom is 0.303 e. The van der Waals surface area contributed by atoms with Gasteiger partial charge in [-0.1, -0.05) is 0 Å². The van der Waals surface area contributed by atoms with Crippen molar-refractivity contribution in [3.63, 3.8) is 0 Å². The lowest BCUT2D eigenvalue weighted by molar-refractivity contribution is -0.138. The molecule has 1 heterocycles. The summed E-state index contributed by atoms with van der Waals surface area (Å²) in [6.07, 6.45) is 0.422. The average molecular weight is 200 g/mol. The molecule has 2 N–H and O–H groups in total. The minimum atomic E-state index is -0.853. The SMILES string of the molecule is CCN1CCNC(CCC(=O)O)C1=O. The maximum absolute atomic E-state index is 11.6. The predicted molar refractivity (Wildman–Crippen MR) is 50.9 cm³/mol. The highest BCUT2D eigenvalue weighted by Gasteiger charge is 2.27. The minimum Gasteiger partial charge on any atom is -0.481 e. The van der Waals surface area contributed by atoms with Gasteiger partial charge in [0.25, 0.3) is 0 Å². The second kappa shape index (κ2) is 4.95. The molecule has 1 atom stereocenters. The molecule has 0 aromatic heterocycles. The summed E-state index contributed by atoms with van der Waals surface area (Å²) in [6.45, 7) is 4.10. The van der Waals surface area contributed by atoms with Gasteiger partial charge in [0, 0.05) is 26.1 Å². The molecule has 0 radical (unpaired) electrons. The molecular formula is C9H16N2O3. The molecule has 0 aromatic carbocycles. The van der Waals surface area contributed by atoms with E-state index in [0.29, 0.717) is 13.0 Å². The van der Waals surface area contributed by atoms with E-state index in [0.717, 1.165) is 13.1 Å². The molecule has 1 rings (SSSR count). The molecule has 14 heavy (non-hydrogen) atoms. The number of carbonyl (C=O) groups excluding carboxylic acids is 1. The third kappa shape index (κ3) is 2.70. The first kappa shape index (κ1) is 11.0. The molecule has 0 bridgehead atoms. The first-order chi connectivity index (χ1) is 6.65. The fourth-order valence-corrected chi connectivity index (χ4v) is 1.60. The van der Waals surface area contributed by atoms with Gasteiger partial charge in [-0.2, -0.15) is 0 Å². The van der Waals surface area contributed by atoms with E-state index in [1.54, 1.807) is 4.90 Å². The van der Waals surface area contributed by atoms with Crippen LogP contribution in [0.5, 0.6) is 0 Å². The molecule has 1 aliphatic heterocycles. The third-order valence-electron chi connectivity index (χ3n) is 2.41. The van der Waals surface area contributed by atoms with E-state index in [4.69, 9.17) is 5.11 Å². The summed E-state index contributed by atoms with van der Waals surface area (Å²) in [6, 6.07) is -0.306. The van der Waals surface area contributed by atoms with Crippen LogP contribution in [0.4, 0.5) is 0 Å². The molecule has 0 aliphatic carbocycles. The third-order valence-corrected chi connectivity index (χ3v) is 2.41. The van der Waals surface area contributed by atoms with Crippen molar-refractivity contribution in [3.05, 3.63) is 0 Å². The van der Waals surface area contributed by atoms with E-state index in [9.17, 15) is 9.59 Å². The highest BCUT2D eigenvalue weighted by atomic mass is 16.4. The van der Waals surface area contributed by atoms with Crippen LogP contribution >= 0.6 is 0 Å². The van der Waals surface area contributed by atoms with Crippen molar-refractivity contribution in [2.75, 3.05) is 19.6 Å². The highest BCUT2D eigenvalue weighted by molar-refractivity contribution is 5.83. The summed E-state index contributed by atoms with van der Waals surface area (Å²) >= 11 is 0. The van der Waals surface area contributed by atoms with Crippen molar-refractivity contribution in [3.8, 4) is 0 Å². The summed E-state index contributed by atoms with van der Waals surface area (Å²) in [5.41, 5.74) is 0. The number of carbonyl (C=O) groups is 2. The van der Waals surface area contributed by atoms with Gasteiger partial charge in [0.15, 0.2) is 0 Å². The number of carboxylic acid groups (broad SMARTS) is 1. The topological polar surface area (TPSA) is 69.6 Å². The Kier molecular flexibility index (Phi) is 3.88. The molecule has 1 aliphatic rings. The summed E-state index contributed by atoms with van der Waals surface area (Å²) in [4.78, 5) is 23.7. The summed E-state index contributed by atoms with van der Waals surface area (Å²) in [7, 11) is 0. The number of hydrogen-bond donors (Lipinski definition) is 2. The van der Waals surface area contributed by atoms with Crippen molar-refractivity contribution in [2.24, 2.45) is 0 Å². The number of amides is 1. The number of likely N-dealkylation sites (N-methyl/N-ethyl adjacent to an activating group) is 1. The number of carboxylic acids is 1. The van der Waals surface area contributed by atoms with E-state index >= 15 is 0 Å². The minimum absolute atomic E-state index is 0.0278. The first-order valence-electron chi connectivity index (χ1n) is 4.89. The molecule has 5 nitrogen and oxygen atoms in total. The van der Waals surface area contributed by atoms with Crippen molar-refractivity contribution in [1.29, 1.82) is 0 Å². The van der Waals surface area contributed by atoms with Crippen LogP contribution in [-0.4, -0.2) is 47.6 Å². The second-order valence-corrected chi connectivity index (χ2v) is 3.36. The van der Waals surface area contributed by atoms with Gasteiger partial charge < -0.3 is 15.3 Å². The van der Waals surface area contributed by atoms with Crippen molar-refractivity contribution in [1.82, 2.24) is 10.2 Å². The van der Waals surface area contributed by atoms with Crippen LogP contribution in [0.1, 0.15) is 19.8 Å². The molecule has 0 spiro atoms. The molecule has 1 saturated heterocycles. The number of hydrogen-bond acceptors (Lipinski definition) is 3. The van der Waals surface area contributed by atoms with Crippen LogP contribution in [0.15, 0.2) is 0 Å². The summed E-state index contributed by atoms with van der Waals surface area (Å²) in [5, 5.41) is 11.5. The molecule has 1 amide bonds. The number of nitrogens with one attached hydrogen (secondary N) is 1. The first-order valence-corrected chi connectivity index (χ1v) is 4.89. The molecule has 5 heteroatoms. The fraction of sp³-hybridized carbons (Fsp3) is 0.778. The summed E-state index contributed by atoms with van der Waals surface area (Å²) in [5.74, 6) is -0.826. The normalized spacial score (nSPS) is 22.5. The van der Waals surface area contributed by atoms with Crippen LogP contribution in [0.25, 0.3) is 0 Å². The van der Waals surface area contributed by atoms with Gasteiger partial charge in [-0.25, -0.2) is 0 Å². The zero-order chi connectivity index (χ0) is 10.6. The van der Waals surface area contributed by atoms with Crippen LogP contribution in [0.3, 0.4) is 0 Å².